The van der Waals surface area contributed by atoms with Crippen LogP contribution < -0.4 is 0 Å². The second kappa shape index (κ2) is 6.17. The topological polar surface area (TPSA) is 105 Å². The number of aromatic nitrogens is 3. The number of rotatable bonds is 6. The van der Waals surface area contributed by atoms with Crippen molar-refractivity contribution in [2.75, 3.05) is 0 Å². The Morgan fingerprint density at radius 2 is 2.05 bits per heavy atom. The summed E-state index contributed by atoms with van der Waals surface area (Å²) in [4.78, 5) is 21.5. The molecule has 1 aromatic heterocycles. The molecular weight excluding hydrogens is 274 g/mol. The van der Waals surface area contributed by atoms with Gasteiger partial charge >= 0.3 is 11.9 Å². The smallest absolute Gasteiger partial charge is 0.335 e. The number of hydrogen-bond donors (Lipinski definition) is 2. The van der Waals surface area contributed by atoms with Gasteiger partial charge in [-0.05, 0) is 24.6 Å². The molecule has 1 heterocycles. The number of carboxylic acids is 2. The lowest BCUT2D eigenvalue weighted by atomic mass is 10.1. The van der Waals surface area contributed by atoms with E-state index in [1.165, 1.54) is 6.07 Å². The summed E-state index contributed by atoms with van der Waals surface area (Å²) in [5.74, 6) is -1.85. The fourth-order valence-electron chi connectivity index (χ4n) is 1.98. The first-order chi connectivity index (χ1) is 9.97. The molecule has 2 N–H and O–H groups in total. The van der Waals surface area contributed by atoms with E-state index in [1.54, 1.807) is 16.8 Å². The van der Waals surface area contributed by atoms with Crippen molar-refractivity contribution >= 4 is 11.9 Å². The predicted octanol–water partition coefficient (Wildman–Crippen LogP) is 1.35. The van der Waals surface area contributed by atoms with Gasteiger partial charge in [-0.25, -0.2) is 9.48 Å². The van der Waals surface area contributed by atoms with E-state index in [-0.39, 0.29) is 12.0 Å². The minimum atomic E-state index is -0.977. The molecule has 1 aromatic carbocycles. The van der Waals surface area contributed by atoms with Gasteiger partial charge in [0.25, 0.3) is 0 Å². The van der Waals surface area contributed by atoms with Gasteiger partial charge < -0.3 is 10.2 Å². The first-order valence-corrected chi connectivity index (χ1v) is 6.40. The Balaban J connectivity index is 2.15. The first-order valence-electron chi connectivity index (χ1n) is 6.40. The molecule has 0 aliphatic rings. The van der Waals surface area contributed by atoms with Crippen LogP contribution in [0.1, 0.15) is 33.7 Å². The van der Waals surface area contributed by atoms with Crippen molar-refractivity contribution in [3.8, 4) is 0 Å². The molecule has 0 aliphatic heterocycles. The molecule has 21 heavy (non-hydrogen) atoms. The highest BCUT2D eigenvalue weighted by Crippen LogP contribution is 2.11. The van der Waals surface area contributed by atoms with Gasteiger partial charge in [-0.15, -0.1) is 5.10 Å². The summed E-state index contributed by atoms with van der Waals surface area (Å²) < 4.78 is 1.64. The van der Waals surface area contributed by atoms with E-state index in [0.717, 1.165) is 11.3 Å². The molecular formula is C14H15N3O4. The lowest BCUT2D eigenvalue weighted by Gasteiger charge is -2.05. The monoisotopic (exact) mass is 289 g/mol. The third-order valence-electron chi connectivity index (χ3n) is 3.16. The third-order valence-corrected chi connectivity index (χ3v) is 3.16. The van der Waals surface area contributed by atoms with Crippen LogP contribution in [0, 0.1) is 6.92 Å². The molecule has 0 amide bonds. The number of carboxylic acid groups (broad SMARTS) is 2. The maximum atomic E-state index is 10.9. The zero-order valence-electron chi connectivity index (χ0n) is 11.5. The van der Waals surface area contributed by atoms with Crippen LogP contribution in [0.25, 0.3) is 0 Å². The van der Waals surface area contributed by atoms with Crippen LogP contribution in [0.15, 0.2) is 24.3 Å². The second-order valence-corrected chi connectivity index (χ2v) is 4.68. The fraction of sp³-hybridized carbons (Fsp3) is 0.286. The third kappa shape index (κ3) is 3.65. The number of aryl methyl sites for hydroxylation is 1. The van der Waals surface area contributed by atoms with Crippen molar-refractivity contribution in [2.45, 2.75) is 26.3 Å². The maximum absolute atomic E-state index is 10.9. The van der Waals surface area contributed by atoms with Gasteiger partial charge in [0.15, 0.2) is 0 Å². The maximum Gasteiger partial charge on any atom is 0.335 e. The summed E-state index contributed by atoms with van der Waals surface area (Å²) in [6.45, 7) is 2.21. The van der Waals surface area contributed by atoms with Crippen LogP contribution in [0.3, 0.4) is 0 Å². The van der Waals surface area contributed by atoms with Gasteiger partial charge in [0, 0.05) is 6.42 Å². The summed E-state index contributed by atoms with van der Waals surface area (Å²) >= 11 is 0. The Bertz CT molecular complexity index is 679. The van der Waals surface area contributed by atoms with E-state index < -0.39 is 11.9 Å². The molecule has 7 nitrogen and oxygen atoms in total. The predicted molar refractivity (Wildman–Crippen MR) is 73.2 cm³/mol. The Morgan fingerprint density at radius 1 is 1.29 bits per heavy atom. The van der Waals surface area contributed by atoms with E-state index in [1.807, 2.05) is 13.0 Å². The molecule has 0 fully saturated rings. The van der Waals surface area contributed by atoms with Crippen LogP contribution in [-0.4, -0.2) is 37.1 Å². The summed E-state index contributed by atoms with van der Waals surface area (Å²) in [5.41, 5.74) is 2.45. The molecule has 2 aromatic rings. The van der Waals surface area contributed by atoms with Crippen LogP contribution in [0.5, 0.6) is 0 Å². The summed E-state index contributed by atoms with van der Waals surface area (Å²) in [6.07, 6.45) is 0.338. The lowest BCUT2D eigenvalue weighted by molar-refractivity contribution is -0.136. The second-order valence-electron chi connectivity index (χ2n) is 4.68. The molecule has 0 aliphatic carbocycles. The summed E-state index contributed by atoms with van der Waals surface area (Å²) in [6, 6.07) is 6.60. The molecule has 0 bridgehead atoms. The van der Waals surface area contributed by atoms with Gasteiger partial charge in [-0.2, -0.15) is 0 Å². The molecule has 7 heteroatoms. The van der Waals surface area contributed by atoms with Gasteiger partial charge in [-0.1, -0.05) is 17.3 Å². The Labute approximate surface area is 120 Å². The molecule has 0 radical (unpaired) electrons. The Hall–Kier alpha value is -2.70. The molecule has 0 atom stereocenters. The van der Waals surface area contributed by atoms with E-state index in [0.29, 0.717) is 18.7 Å². The van der Waals surface area contributed by atoms with E-state index in [9.17, 15) is 9.59 Å². The lowest BCUT2D eigenvalue weighted by Crippen LogP contribution is -2.06. The van der Waals surface area contributed by atoms with E-state index in [2.05, 4.69) is 10.3 Å². The van der Waals surface area contributed by atoms with Crippen LogP contribution in [-0.2, 0) is 17.8 Å². The van der Waals surface area contributed by atoms with Gasteiger partial charge in [0.1, 0.15) is 0 Å². The molecule has 0 spiro atoms. The molecule has 110 valence electrons. The number of hydrogen-bond acceptors (Lipinski definition) is 4. The minimum Gasteiger partial charge on any atom is -0.481 e. The van der Waals surface area contributed by atoms with Crippen LogP contribution in [0.2, 0.25) is 0 Å². The highest BCUT2D eigenvalue weighted by Gasteiger charge is 2.11. The summed E-state index contributed by atoms with van der Waals surface area (Å²) in [7, 11) is 0. The van der Waals surface area contributed by atoms with Gasteiger partial charge in [-0.3, -0.25) is 4.79 Å². The highest BCUT2D eigenvalue weighted by atomic mass is 16.4. The van der Waals surface area contributed by atoms with Crippen molar-refractivity contribution in [2.24, 2.45) is 0 Å². The van der Waals surface area contributed by atoms with Gasteiger partial charge in [0.05, 0.1) is 29.9 Å². The molecule has 2 rings (SSSR count). The molecule has 0 saturated carbocycles. The van der Waals surface area contributed by atoms with E-state index >= 15 is 0 Å². The van der Waals surface area contributed by atoms with Crippen molar-refractivity contribution in [1.29, 1.82) is 0 Å². The first kappa shape index (κ1) is 14.7. The summed E-state index contributed by atoms with van der Waals surface area (Å²) in [5, 5.41) is 25.6. The van der Waals surface area contributed by atoms with Crippen molar-refractivity contribution in [3.63, 3.8) is 0 Å². The van der Waals surface area contributed by atoms with E-state index in [4.69, 9.17) is 10.2 Å². The number of nitrogens with zero attached hydrogens (tertiary/aromatic N) is 3. The largest absolute Gasteiger partial charge is 0.481 e. The zero-order chi connectivity index (χ0) is 15.4. The fourth-order valence-corrected chi connectivity index (χ4v) is 1.98. The molecule has 0 saturated heterocycles. The molecule has 0 unspecified atom stereocenters. The van der Waals surface area contributed by atoms with Crippen molar-refractivity contribution in [3.05, 3.63) is 46.8 Å². The van der Waals surface area contributed by atoms with Gasteiger partial charge in [0.2, 0.25) is 0 Å². The number of aromatic carboxylic acids is 1. The SMILES string of the molecule is Cc1c(CCC(=O)O)nnn1Cc1cccc(C(=O)O)c1. The normalized spacial score (nSPS) is 10.5. The number of aliphatic carboxylic acids is 1. The average molecular weight is 289 g/mol. The standard InChI is InChI=1S/C14H15N3O4/c1-9-12(5-6-13(18)19)15-16-17(9)8-10-3-2-4-11(7-10)14(20)21/h2-4,7H,5-6,8H2,1H3,(H,18,19)(H,20,21). The Kier molecular flexibility index (Phi) is 4.32. The minimum absolute atomic E-state index is 0.00797. The Morgan fingerprint density at radius 3 is 2.71 bits per heavy atom. The average Bonchev–Trinajstić information content (AvgIpc) is 2.78. The quantitative estimate of drug-likeness (QED) is 0.831. The van der Waals surface area contributed by atoms with Crippen molar-refractivity contribution in [1.82, 2.24) is 15.0 Å². The number of carbonyl (C=O) groups is 2. The van der Waals surface area contributed by atoms with Crippen LogP contribution in [0.4, 0.5) is 0 Å². The zero-order valence-corrected chi connectivity index (χ0v) is 11.5. The highest BCUT2D eigenvalue weighted by molar-refractivity contribution is 5.87. The van der Waals surface area contributed by atoms with Crippen LogP contribution >= 0.6 is 0 Å². The number of benzene rings is 1. The van der Waals surface area contributed by atoms with Crippen molar-refractivity contribution < 1.29 is 19.8 Å².